The van der Waals surface area contributed by atoms with E-state index in [-0.39, 0.29) is 11.5 Å². The van der Waals surface area contributed by atoms with Crippen LogP contribution in [0.25, 0.3) is 21.9 Å². The predicted octanol–water partition coefficient (Wildman–Crippen LogP) is 4.86. The van der Waals surface area contributed by atoms with Gasteiger partial charge in [-0.25, -0.2) is 4.98 Å². The third kappa shape index (κ3) is 5.08. The number of hydrogen-bond acceptors (Lipinski definition) is 6. The van der Waals surface area contributed by atoms with Crippen molar-refractivity contribution in [1.82, 2.24) is 14.5 Å². The van der Waals surface area contributed by atoms with Gasteiger partial charge in [0.2, 0.25) is 0 Å². The molecule has 7 nitrogen and oxygen atoms in total. The van der Waals surface area contributed by atoms with Crippen molar-refractivity contribution in [3.63, 3.8) is 0 Å². The van der Waals surface area contributed by atoms with Crippen LogP contribution in [0, 0.1) is 12.3 Å². The van der Waals surface area contributed by atoms with Gasteiger partial charge in [-0.05, 0) is 32.0 Å². The van der Waals surface area contributed by atoms with Gasteiger partial charge in [-0.1, -0.05) is 49.7 Å². The van der Waals surface area contributed by atoms with E-state index in [1.807, 2.05) is 52.0 Å². The molecule has 2 aromatic carbocycles. The highest BCUT2D eigenvalue weighted by Crippen LogP contribution is 2.30. The molecule has 2 heterocycles. The van der Waals surface area contributed by atoms with Gasteiger partial charge in [0.05, 0.1) is 28.7 Å². The van der Waals surface area contributed by atoms with Crippen LogP contribution in [0.3, 0.4) is 0 Å². The average molecular weight is 468 g/mol. The molecule has 2 aromatic heterocycles. The molecule has 33 heavy (non-hydrogen) atoms. The molecule has 0 saturated carbocycles. The molecular formula is C25H29N3O4S. The number of pyridine rings is 1. The third-order valence-electron chi connectivity index (χ3n) is 5.49. The second-order valence-electron chi connectivity index (χ2n) is 8.95. The highest BCUT2D eigenvalue weighted by Gasteiger charge is 2.27. The van der Waals surface area contributed by atoms with Crippen molar-refractivity contribution in [3.8, 4) is 0 Å². The first-order valence-electron chi connectivity index (χ1n) is 11.0. The molecule has 0 aliphatic rings. The maximum atomic E-state index is 12.7. The monoisotopic (exact) mass is 467 g/mol. The van der Waals surface area contributed by atoms with Crippen LogP contribution in [0.15, 0.2) is 59.6 Å². The minimum absolute atomic E-state index is 0.0278. The Kier molecular flexibility index (Phi) is 6.52. The Bertz CT molecular complexity index is 1380. The van der Waals surface area contributed by atoms with E-state index < -0.39 is 15.5 Å². The lowest BCUT2D eigenvalue weighted by atomic mass is 9.94. The van der Waals surface area contributed by atoms with Gasteiger partial charge in [0.15, 0.2) is 0 Å². The Labute approximate surface area is 194 Å². The molecule has 0 radical (unpaired) electrons. The minimum Gasteiger partial charge on any atom is -0.374 e. The molecular weight excluding hydrogens is 438 g/mol. The second kappa shape index (κ2) is 9.21. The molecule has 4 aromatic rings. The summed E-state index contributed by atoms with van der Waals surface area (Å²) in [6.07, 6.45) is 1.77. The first-order chi connectivity index (χ1) is 15.7. The highest BCUT2D eigenvalue weighted by molar-refractivity contribution is 7.86. The zero-order chi connectivity index (χ0) is 23.6. The third-order valence-corrected chi connectivity index (χ3v) is 6.77. The molecule has 4 rings (SSSR count). The number of aryl methyl sites for hydroxylation is 1. The molecule has 0 amide bonds. The smallest absolute Gasteiger partial charge is 0.296 e. The molecule has 0 fully saturated rings. The summed E-state index contributed by atoms with van der Waals surface area (Å²) in [4.78, 5) is 9.45. The van der Waals surface area contributed by atoms with Crippen LogP contribution >= 0.6 is 0 Å². The van der Waals surface area contributed by atoms with E-state index in [2.05, 4.69) is 9.55 Å². The number of ether oxygens (including phenoxy) is 1. The van der Waals surface area contributed by atoms with Gasteiger partial charge in [-0.2, -0.15) is 8.42 Å². The molecule has 0 aliphatic carbocycles. The molecule has 8 heteroatoms. The van der Waals surface area contributed by atoms with E-state index in [4.69, 9.17) is 13.9 Å². The van der Waals surface area contributed by atoms with Gasteiger partial charge in [0, 0.05) is 24.0 Å². The number of fused-ring (bicyclic) bond motifs is 3. The lowest BCUT2D eigenvalue weighted by molar-refractivity contribution is 0.119. The number of rotatable bonds is 9. The summed E-state index contributed by atoms with van der Waals surface area (Å²) in [5.74, 6) is 0.777. The normalized spacial score (nSPS) is 12.6. The molecule has 0 unspecified atom stereocenters. The minimum atomic E-state index is -3.85. The zero-order valence-corrected chi connectivity index (χ0v) is 20.2. The molecule has 0 N–H and O–H groups in total. The zero-order valence-electron chi connectivity index (χ0n) is 19.4. The summed E-state index contributed by atoms with van der Waals surface area (Å²) in [5.41, 5.74) is 3.11. The van der Waals surface area contributed by atoms with Gasteiger partial charge in [0.1, 0.15) is 17.9 Å². The summed E-state index contributed by atoms with van der Waals surface area (Å²) in [7, 11) is -3.85. The fourth-order valence-corrected chi connectivity index (χ4v) is 4.85. The molecule has 0 spiro atoms. The van der Waals surface area contributed by atoms with Gasteiger partial charge < -0.3 is 9.30 Å². The SMILES string of the molecule is CCOCc1nc2cnc3ccccc3c2n1CC(C)(C)COS(=O)(=O)c1ccc(C)cc1. The van der Waals surface area contributed by atoms with Crippen LogP contribution in [0.1, 0.15) is 32.2 Å². The topological polar surface area (TPSA) is 83.3 Å². The second-order valence-corrected chi connectivity index (χ2v) is 10.6. The summed E-state index contributed by atoms with van der Waals surface area (Å²) in [6, 6.07) is 14.6. The lowest BCUT2D eigenvalue weighted by Gasteiger charge is -2.26. The first kappa shape index (κ1) is 23.4. The van der Waals surface area contributed by atoms with Crippen LogP contribution in [-0.2, 0) is 32.2 Å². The molecule has 0 aliphatic heterocycles. The fourth-order valence-electron chi connectivity index (χ4n) is 3.77. The maximum Gasteiger partial charge on any atom is 0.296 e. The van der Waals surface area contributed by atoms with E-state index in [0.717, 1.165) is 33.3 Å². The Balaban J connectivity index is 1.66. The van der Waals surface area contributed by atoms with Gasteiger partial charge in [-0.15, -0.1) is 0 Å². The van der Waals surface area contributed by atoms with E-state index in [1.54, 1.807) is 30.5 Å². The Hall–Kier alpha value is -2.81. The van der Waals surface area contributed by atoms with E-state index in [9.17, 15) is 8.42 Å². The van der Waals surface area contributed by atoms with E-state index >= 15 is 0 Å². The number of aromatic nitrogens is 3. The van der Waals surface area contributed by atoms with Crippen LogP contribution in [0.4, 0.5) is 0 Å². The Morgan fingerprint density at radius 1 is 1.03 bits per heavy atom. The van der Waals surface area contributed by atoms with Crippen LogP contribution in [0.5, 0.6) is 0 Å². The number of benzene rings is 2. The average Bonchev–Trinajstić information content (AvgIpc) is 3.14. The number of nitrogens with zero attached hydrogens (tertiary/aromatic N) is 3. The number of hydrogen-bond donors (Lipinski definition) is 0. The van der Waals surface area contributed by atoms with Crippen LogP contribution in [0.2, 0.25) is 0 Å². The van der Waals surface area contributed by atoms with Gasteiger partial charge >= 0.3 is 0 Å². The van der Waals surface area contributed by atoms with Crippen molar-refractivity contribution in [2.24, 2.45) is 5.41 Å². The molecule has 0 atom stereocenters. The number of imidazole rings is 1. The summed E-state index contributed by atoms with van der Waals surface area (Å²) >= 11 is 0. The van der Waals surface area contributed by atoms with Crippen LogP contribution in [-0.4, -0.2) is 36.2 Å². The first-order valence-corrected chi connectivity index (χ1v) is 12.4. The fraction of sp³-hybridized carbons (Fsp3) is 0.360. The summed E-state index contributed by atoms with van der Waals surface area (Å²) in [5, 5.41) is 0.995. The lowest BCUT2D eigenvalue weighted by Crippen LogP contribution is -2.28. The Morgan fingerprint density at radius 2 is 1.76 bits per heavy atom. The van der Waals surface area contributed by atoms with Crippen molar-refractivity contribution in [2.75, 3.05) is 13.2 Å². The number of para-hydroxylation sites is 1. The standard InChI is InChI=1S/C25H29N3O4S/c1-5-31-15-23-27-22-14-26-21-9-7-6-8-20(21)24(22)28(23)16-25(3,4)17-32-33(29,30)19-12-10-18(2)11-13-19/h6-14H,5,15-17H2,1-4H3. The van der Waals surface area contributed by atoms with Crippen molar-refractivity contribution in [2.45, 2.75) is 45.7 Å². The summed E-state index contributed by atoms with van der Waals surface area (Å²) in [6.45, 7) is 9.28. The largest absolute Gasteiger partial charge is 0.374 e. The highest BCUT2D eigenvalue weighted by atomic mass is 32.2. The van der Waals surface area contributed by atoms with Crippen LogP contribution < -0.4 is 0 Å². The predicted molar refractivity (Wildman–Crippen MR) is 128 cm³/mol. The maximum absolute atomic E-state index is 12.7. The molecule has 174 valence electrons. The van der Waals surface area contributed by atoms with Crippen molar-refractivity contribution in [1.29, 1.82) is 0 Å². The van der Waals surface area contributed by atoms with E-state index in [1.165, 1.54) is 0 Å². The van der Waals surface area contributed by atoms with Gasteiger partial charge in [0.25, 0.3) is 10.1 Å². The summed E-state index contributed by atoms with van der Waals surface area (Å²) < 4.78 is 38.7. The molecule has 0 bridgehead atoms. The molecule has 0 saturated heterocycles. The quantitative estimate of drug-likeness (QED) is 0.327. The Morgan fingerprint density at radius 3 is 2.48 bits per heavy atom. The van der Waals surface area contributed by atoms with E-state index in [0.29, 0.717) is 19.8 Å². The van der Waals surface area contributed by atoms with Gasteiger partial charge in [-0.3, -0.25) is 9.17 Å². The van der Waals surface area contributed by atoms with Crippen molar-refractivity contribution in [3.05, 3.63) is 66.1 Å². The van der Waals surface area contributed by atoms with Crippen molar-refractivity contribution >= 4 is 32.1 Å². The van der Waals surface area contributed by atoms with Crippen molar-refractivity contribution < 1.29 is 17.3 Å².